The molecule has 22 heavy (non-hydrogen) atoms. The molecule has 0 unspecified atom stereocenters. The number of halogens is 1. The molecule has 1 aliphatic heterocycles. The summed E-state index contributed by atoms with van der Waals surface area (Å²) in [6, 6.07) is 4.74. The molecule has 2 fully saturated rings. The molecule has 1 aromatic rings. The van der Waals surface area contributed by atoms with Gasteiger partial charge in [0.15, 0.2) is 0 Å². The van der Waals surface area contributed by atoms with Crippen LogP contribution in [0.25, 0.3) is 0 Å². The summed E-state index contributed by atoms with van der Waals surface area (Å²) in [7, 11) is -2.03. The molecule has 1 saturated carbocycles. The number of rotatable bonds is 6. The van der Waals surface area contributed by atoms with E-state index < -0.39 is 10.0 Å². The van der Waals surface area contributed by atoms with E-state index in [4.69, 9.17) is 21.1 Å². The van der Waals surface area contributed by atoms with E-state index in [0.29, 0.717) is 23.9 Å². The van der Waals surface area contributed by atoms with Crippen molar-refractivity contribution in [3.63, 3.8) is 0 Å². The maximum absolute atomic E-state index is 12.9. The summed E-state index contributed by atoms with van der Waals surface area (Å²) < 4.78 is 38.0. The molecular formula is C15H20ClNO4S. The summed E-state index contributed by atoms with van der Waals surface area (Å²) in [4.78, 5) is 0.226. The molecule has 5 nitrogen and oxygen atoms in total. The fraction of sp³-hybridized carbons (Fsp3) is 0.600. The lowest BCUT2D eigenvalue weighted by atomic mass is 10.1. The van der Waals surface area contributed by atoms with Crippen LogP contribution in [0.4, 0.5) is 0 Å². The first-order valence-corrected chi connectivity index (χ1v) is 9.27. The van der Waals surface area contributed by atoms with E-state index in [9.17, 15) is 8.42 Å². The van der Waals surface area contributed by atoms with Crippen LogP contribution in [0.3, 0.4) is 0 Å². The van der Waals surface area contributed by atoms with E-state index in [1.807, 2.05) is 0 Å². The minimum Gasteiger partial charge on any atom is -0.495 e. The van der Waals surface area contributed by atoms with Crippen molar-refractivity contribution in [3.8, 4) is 5.75 Å². The first kappa shape index (κ1) is 16.1. The van der Waals surface area contributed by atoms with Crippen molar-refractivity contribution in [2.45, 2.75) is 30.2 Å². The van der Waals surface area contributed by atoms with Crippen molar-refractivity contribution >= 4 is 21.6 Å². The van der Waals surface area contributed by atoms with Crippen LogP contribution in [0.5, 0.6) is 5.75 Å². The highest BCUT2D eigenvalue weighted by Crippen LogP contribution is 2.35. The van der Waals surface area contributed by atoms with Crippen LogP contribution >= 0.6 is 11.6 Å². The summed E-state index contributed by atoms with van der Waals surface area (Å²) in [5.74, 6) is 0.756. The third-order valence-corrected chi connectivity index (χ3v) is 6.36. The predicted octanol–water partition coefficient (Wildman–Crippen LogP) is 2.54. The van der Waals surface area contributed by atoms with Gasteiger partial charge in [0.1, 0.15) is 5.75 Å². The van der Waals surface area contributed by atoms with Crippen LogP contribution < -0.4 is 4.74 Å². The van der Waals surface area contributed by atoms with E-state index >= 15 is 0 Å². The van der Waals surface area contributed by atoms with Gasteiger partial charge in [0.05, 0.1) is 23.6 Å². The highest BCUT2D eigenvalue weighted by Gasteiger charge is 2.39. The smallest absolute Gasteiger partial charge is 0.243 e. The zero-order valence-corrected chi connectivity index (χ0v) is 14.1. The van der Waals surface area contributed by atoms with E-state index in [1.54, 1.807) is 16.4 Å². The van der Waals surface area contributed by atoms with Gasteiger partial charge in [0.2, 0.25) is 10.0 Å². The number of sulfonamides is 1. The van der Waals surface area contributed by atoms with Crippen LogP contribution in [0.15, 0.2) is 23.1 Å². The fourth-order valence-electron chi connectivity index (χ4n) is 2.73. The average molecular weight is 346 g/mol. The second-order valence-electron chi connectivity index (χ2n) is 5.83. The highest BCUT2D eigenvalue weighted by atomic mass is 35.5. The molecule has 2 aliphatic rings. The van der Waals surface area contributed by atoms with Gasteiger partial charge in [-0.15, -0.1) is 0 Å². The Morgan fingerprint density at radius 1 is 1.36 bits per heavy atom. The first-order valence-electron chi connectivity index (χ1n) is 7.45. The number of nitrogens with zero attached hydrogens (tertiary/aromatic N) is 1. The van der Waals surface area contributed by atoms with Crippen LogP contribution in [0.2, 0.25) is 5.02 Å². The second kappa shape index (κ2) is 6.35. The Morgan fingerprint density at radius 3 is 2.68 bits per heavy atom. The van der Waals surface area contributed by atoms with Crippen molar-refractivity contribution in [1.29, 1.82) is 0 Å². The number of hydrogen-bond acceptors (Lipinski definition) is 4. The summed E-state index contributed by atoms with van der Waals surface area (Å²) in [5, 5.41) is 0.309. The lowest BCUT2D eigenvalue weighted by Crippen LogP contribution is -2.37. The maximum atomic E-state index is 12.9. The monoisotopic (exact) mass is 345 g/mol. The van der Waals surface area contributed by atoms with Crippen molar-refractivity contribution in [1.82, 2.24) is 4.31 Å². The molecule has 0 radical (unpaired) electrons. The molecular weight excluding hydrogens is 326 g/mol. The predicted molar refractivity (Wildman–Crippen MR) is 83.8 cm³/mol. The number of methoxy groups -OCH3 is 1. The lowest BCUT2D eigenvalue weighted by Gasteiger charge is -2.24. The van der Waals surface area contributed by atoms with Crippen molar-refractivity contribution in [2.24, 2.45) is 5.92 Å². The molecule has 0 bridgehead atoms. The minimum absolute atomic E-state index is 0.117. The third-order valence-electron chi connectivity index (χ3n) is 4.15. The highest BCUT2D eigenvalue weighted by molar-refractivity contribution is 7.89. The zero-order chi connectivity index (χ0) is 15.7. The molecule has 0 aromatic heterocycles. The number of benzene rings is 1. The molecule has 0 amide bonds. The second-order valence-corrected chi connectivity index (χ2v) is 8.13. The Morgan fingerprint density at radius 2 is 2.14 bits per heavy atom. The van der Waals surface area contributed by atoms with Gasteiger partial charge in [-0.25, -0.2) is 8.42 Å². The third kappa shape index (κ3) is 3.25. The molecule has 122 valence electrons. The normalized spacial score (nSPS) is 22.2. The van der Waals surface area contributed by atoms with Crippen molar-refractivity contribution in [3.05, 3.63) is 23.2 Å². The Bertz CT molecular complexity index is 639. The van der Waals surface area contributed by atoms with E-state index in [1.165, 1.54) is 13.2 Å². The number of hydrogen-bond donors (Lipinski definition) is 0. The van der Waals surface area contributed by atoms with Gasteiger partial charge in [-0.2, -0.15) is 4.31 Å². The van der Waals surface area contributed by atoms with Gasteiger partial charge in [0.25, 0.3) is 0 Å². The Labute approximate surface area is 136 Å². The van der Waals surface area contributed by atoms with Crippen LogP contribution in [0.1, 0.15) is 19.3 Å². The quantitative estimate of drug-likeness (QED) is 0.795. The molecule has 0 N–H and O–H groups in total. The first-order chi connectivity index (χ1) is 10.5. The van der Waals surface area contributed by atoms with Crippen molar-refractivity contribution < 1.29 is 17.9 Å². The van der Waals surface area contributed by atoms with Gasteiger partial charge in [-0.3, -0.25) is 0 Å². The molecule has 3 rings (SSSR count). The molecule has 1 heterocycles. The molecule has 7 heteroatoms. The average Bonchev–Trinajstić information content (AvgIpc) is 3.20. The number of ether oxygens (including phenoxy) is 2. The molecule has 1 aliphatic carbocycles. The van der Waals surface area contributed by atoms with Crippen LogP contribution in [0, 0.1) is 5.92 Å². The zero-order valence-electron chi connectivity index (χ0n) is 12.5. The lowest BCUT2D eigenvalue weighted by molar-refractivity contribution is 0.180. The summed E-state index contributed by atoms with van der Waals surface area (Å²) in [6.45, 7) is 1.89. The van der Waals surface area contributed by atoms with Gasteiger partial charge in [-0.05, 0) is 43.4 Å². The molecule has 1 aromatic carbocycles. The summed E-state index contributed by atoms with van der Waals surface area (Å²) >= 11 is 6.08. The molecule has 1 saturated heterocycles. The van der Waals surface area contributed by atoms with Gasteiger partial charge in [-0.1, -0.05) is 11.6 Å². The van der Waals surface area contributed by atoms with Crippen LogP contribution in [-0.2, 0) is 14.8 Å². The van der Waals surface area contributed by atoms with Gasteiger partial charge in [0, 0.05) is 19.2 Å². The topological polar surface area (TPSA) is 55.8 Å². The summed E-state index contributed by atoms with van der Waals surface area (Å²) in [6.07, 6.45) is 2.77. The minimum atomic E-state index is -3.54. The largest absolute Gasteiger partial charge is 0.495 e. The van der Waals surface area contributed by atoms with Crippen molar-refractivity contribution in [2.75, 3.05) is 26.9 Å². The summed E-state index contributed by atoms with van der Waals surface area (Å²) in [5.41, 5.74) is 0. The SMILES string of the molecule is COc1ccc(S(=O)(=O)N(C[C@H]2CCOC2)C2CC2)cc1Cl. The van der Waals surface area contributed by atoms with E-state index in [2.05, 4.69) is 0 Å². The Hall–Kier alpha value is -0.820. The van der Waals surface area contributed by atoms with E-state index in [-0.39, 0.29) is 16.9 Å². The fourth-order valence-corrected chi connectivity index (χ4v) is 4.84. The van der Waals surface area contributed by atoms with E-state index in [0.717, 1.165) is 25.9 Å². The standard InChI is InChI=1S/C15H20ClNO4S/c1-20-15-5-4-13(8-14(15)16)22(18,19)17(12-2-3-12)9-11-6-7-21-10-11/h4-5,8,11-12H,2-3,6-7,9-10H2,1H3/t11-/m1/s1. The van der Waals surface area contributed by atoms with Crippen LogP contribution in [-0.4, -0.2) is 45.6 Å². The maximum Gasteiger partial charge on any atom is 0.243 e. The molecule has 0 spiro atoms. The Kier molecular flexibility index (Phi) is 4.64. The van der Waals surface area contributed by atoms with Gasteiger partial charge >= 0.3 is 0 Å². The molecule has 1 atom stereocenters. The Balaban J connectivity index is 1.86. The van der Waals surface area contributed by atoms with Gasteiger partial charge < -0.3 is 9.47 Å².